The Morgan fingerprint density at radius 2 is 2.00 bits per heavy atom. The molecule has 0 unspecified atom stereocenters. The molecule has 0 fully saturated rings. The lowest BCUT2D eigenvalue weighted by molar-refractivity contribution is 0.0683. The molecule has 0 aliphatic heterocycles. The molecule has 0 spiro atoms. The monoisotopic (exact) mass is 283 g/mol. The van der Waals surface area contributed by atoms with Gasteiger partial charge in [-0.25, -0.2) is 14.5 Å². The zero-order valence-electron chi connectivity index (χ0n) is 11.4. The fourth-order valence-electron chi connectivity index (χ4n) is 2.11. The van der Waals surface area contributed by atoms with Crippen LogP contribution in [0, 0.1) is 0 Å². The minimum absolute atomic E-state index is 0.197. The van der Waals surface area contributed by atoms with Crippen LogP contribution < -0.4 is 0 Å². The molecule has 1 N–H and O–H groups in total. The lowest BCUT2D eigenvalue weighted by atomic mass is 10.2. The highest BCUT2D eigenvalue weighted by Gasteiger charge is 2.16. The van der Waals surface area contributed by atoms with Crippen molar-refractivity contribution >= 4 is 17.0 Å². The lowest BCUT2D eigenvalue weighted by Gasteiger charge is -2.05. The van der Waals surface area contributed by atoms with Gasteiger partial charge in [0.05, 0.1) is 16.7 Å². The van der Waals surface area contributed by atoms with Crippen molar-refractivity contribution in [1.82, 2.24) is 24.7 Å². The van der Waals surface area contributed by atoms with Gasteiger partial charge in [-0.2, -0.15) is 0 Å². The molecule has 0 saturated carbocycles. The van der Waals surface area contributed by atoms with Crippen molar-refractivity contribution in [3.8, 4) is 5.69 Å². The topological polar surface area (TPSA) is 93.8 Å². The van der Waals surface area contributed by atoms with Crippen LogP contribution in [0.2, 0.25) is 0 Å². The second-order valence-corrected chi connectivity index (χ2v) is 4.55. The Morgan fingerprint density at radius 1 is 1.24 bits per heavy atom. The van der Waals surface area contributed by atoms with Gasteiger partial charge >= 0.3 is 5.97 Å². The first kappa shape index (κ1) is 13.2. The summed E-state index contributed by atoms with van der Waals surface area (Å²) in [6, 6.07) is 5.48. The maximum atomic E-state index is 11.1. The van der Waals surface area contributed by atoms with Crippen molar-refractivity contribution in [2.24, 2.45) is 0 Å². The quantitative estimate of drug-likeness (QED) is 0.785. The van der Waals surface area contributed by atoms with Crippen molar-refractivity contribution in [3.05, 3.63) is 42.2 Å². The number of nitrogens with zero attached hydrogens (tertiary/aromatic N) is 5. The largest absolute Gasteiger partial charge is 0.475 e. The van der Waals surface area contributed by atoms with Crippen LogP contribution in [0.4, 0.5) is 0 Å². The van der Waals surface area contributed by atoms with Crippen molar-refractivity contribution < 1.29 is 9.90 Å². The third-order valence-corrected chi connectivity index (χ3v) is 3.04. The average Bonchev–Trinajstić information content (AvgIpc) is 2.91. The van der Waals surface area contributed by atoms with E-state index in [0.717, 1.165) is 23.1 Å². The molecule has 3 aromatic rings. The van der Waals surface area contributed by atoms with Gasteiger partial charge in [0.2, 0.25) is 0 Å². The molecule has 106 valence electrons. The number of aromatic carboxylic acids is 1. The fourth-order valence-corrected chi connectivity index (χ4v) is 2.11. The number of aryl methyl sites for hydroxylation is 1. The van der Waals surface area contributed by atoms with Crippen molar-refractivity contribution in [2.75, 3.05) is 0 Å². The Balaban J connectivity index is 2.14. The Labute approximate surface area is 120 Å². The molecule has 0 atom stereocenters. The van der Waals surface area contributed by atoms with Gasteiger partial charge in [0.1, 0.15) is 5.82 Å². The predicted octanol–water partition coefficient (Wildman–Crippen LogP) is 1.86. The molecule has 7 heteroatoms. The summed E-state index contributed by atoms with van der Waals surface area (Å²) in [5, 5.41) is 13.1. The summed E-state index contributed by atoms with van der Waals surface area (Å²) in [5.41, 5.74) is 2.23. The van der Waals surface area contributed by atoms with E-state index < -0.39 is 5.97 Å². The highest BCUT2D eigenvalue weighted by Crippen LogP contribution is 2.16. The smallest absolute Gasteiger partial charge is 0.375 e. The molecule has 2 heterocycles. The van der Waals surface area contributed by atoms with Gasteiger partial charge in [0, 0.05) is 18.8 Å². The summed E-state index contributed by atoms with van der Waals surface area (Å²) in [5.74, 6) is -0.706. The van der Waals surface area contributed by atoms with E-state index in [4.69, 9.17) is 5.11 Å². The first-order valence-electron chi connectivity index (χ1n) is 6.59. The molecule has 0 aliphatic rings. The van der Waals surface area contributed by atoms with Crippen molar-refractivity contribution in [3.63, 3.8) is 0 Å². The third kappa shape index (κ3) is 2.45. The van der Waals surface area contributed by atoms with Crippen LogP contribution in [0.1, 0.15) is 29.8 Å². The molecule has 0 amide bonds. The Hall–Kier alpha value is -2.83. The molecule has 0 aliphatic carbocycles. The second-order valence-electron chi connectivity index (χ2n) is 4.55. The minimum atomic E-state index is -1.13. The van der Waals surface area contributed by atoms with Gasteiger partial charge in [-0.05, 0) is 24.6 Å². The maximum Gasteiger partial charge on any atom is 0.375 e. The van der Waals surface area contributed by atoms with E-state index >= 15 is 0 Å². The summed E-state index contributed by atoms with van der Waals surface area (Å²) in [6.07, 6.45) is 4.75. The Morgan fingerprint density at radius 3 is 2.71 bits per heavy atom. The molecule has 0 radical (unpaired) electrons. The van der Waals surface area contributed by atoms with E-state index in [1.165, 1.54) is 0 Å². The summed E-state index contributed by atoms with van der Waals surface area (Å²) in [6.45, 7) is 2.01. The molecule has 3 rings (SSSR count). The number of hydrogen-bond acceptors (Lipinski definition) is 5. The number of carbonyl (C=O) groups is 1. The van der Waals surface area contributed by atoms with Gasteiger partial charge in [-0.15, -0.1) is 5.10 Å². The lowest BCUT2D eigenvalue weighted by Crippen LogP contribution is -2.04. The summed E-state index contributed by atoms with van der Waals surface area (Å²) >= 11 is 0. The van der Waals surface area contributed by atoms with E-state index in [1.807, 2.05) is 25.1 Å². The number of hydrogen-bond donors (Lipinski definition) is 1. The average molecular weight is 283 g/mol. The summed E-state index contributed by atoms with van der Waals surface area (Å²) in [4.78, 5) is 23.6. The van der Waals surface area contributed by atoms with E-state index in [1.54, 1.807) is 17.1 Å². The maximum absolute atomic E-state index is 11.1. The summed E-state index contributed by atoms with van der Waals surface area (Å²) < 4.78 is 1.56. The molecule has 7 nitrogen and oxygen atoms in total. The number of benzene rings is 1. The normalized spacial score (nSPS) is 10.9. The first-order valence-corrected chi connectivity index (χ1v) is 6.59. The molecular formula is C14H13N5O2. The first-order chi connectivity index (χ1) is 10.2. The minimum Gasteiger partial charge on any atom is -0.475 e. The second kappa shape index (κ2) is 5.28. The SMILES string of the molecule is CCCc1nc(C(=O)O)nn1-c1ccc2nccnc2c1. The van der Waals surface area contributed by atoms with Gasteiger partial charge < -0.3 is 5.11 Å². The fraction of sp³-hybridized carbons (Fsp3) is 0.214. The number of fused-ring (bicyclic) bond motifs is 1. The van der Waals surface area contributed by atoms with Gasteiger partial charge in [-0.3, -0.25) is 9.97 Å². The van der Waals surface area contributed by atoms with Crippen LogP contribution in [-0.4, -0.2) is 35.8 Å². The molecule has 1 aromatic carbocycles. The standard InChI is InChI=1S/C14H13N5O2/c1-2-3-12-17-13(14(20)21)18-19(12)9-4-5-10-11(8-9)16-7-6-15-10/h4-8H,2-3H2,1H3,(H,20,21). The van der Waals surface area contributed by atoms with Crippen LogP contribution in [0.5, 0.6) is 0 Å². The van der Waals surface area contributed by atoms with Gasteiger partial charge in [0.15, 0.2) is 0 Å². The summed E-state index contributed by atoms with van der Waals surface area (Å²) in [7, 11) is 0. The van der Waals surface area contributed by atoms with E-state index in [0.29, 0.717) is 12.2 Å². The Bertz CT molecular complexity index is 812. The third-order valence-electron chi connectivity index (χ3n) is 3.04. The van der Waals surface area contributed by atoms with Crippen LogP contribution >= 0.6 is 0 Å². The zero-order chi connectivity index (χ0) is 14.8. The van der Waals surface area contributed by atoms with Crippen LogP contribution in [0.25, 0.3) is 16.7 Å². The van der Waals surface area contributed by atoms with Crippen molar-refractivity contribution in [2.45, 2.75) is 19.8 Å². The van der Waals surface area contributed by atoms with E-state index in [2.05, 4.69) is 20.1 Å². The van der Waals surface area contributed by atoms with Crippen LogP contribution in [0.15, 0.2) is 30.6 Å². The number of rotatable bonds is 4. The predicted molar refractivity (Wildman–Crippen MR) is 75.4 cm³/mol. The van der Waals surface area contributed by atoms with E-state index in [-0.39, 0.29) is 5.82 Å². The van der Waals surface area contributed by atoms with Crippen LogP contribution in [0.3, 0.4) is 0 Å². The highest BCUT2D eigenvalue weighted by atomic mass is 16.4. The Kier molecular flexibility index (Phi) is 3.31. The molecular weight excluding hydrogens is 270 g/mol. The molecule has 21 heavy (non-hydrogen) atoms. The van der Waals surface area contributed by atoms with Crippen LogP contribution in [-0.2, 0) is 6.42 Å². The van der Waals surface area contributed by atoms with Crippen molar-refractivity contribution in [1.29, 1.82) is 0 Å². The van der Waals surface area contributed by atoms with Gasteiger partial charge in [-0.1, -0.05) is 6.92 Å². The number of carboxylic acid groups (broad SMARTS) is 1. The number of aromatic nitrogens is 5. The van der Waals surface area contributed by atoms with Gasteiger partial charge in [0.25, 0.3) is 5.82 Å². The zero-order valence-corrected chi connectivity index (χ0v) is 11.4. The molecule has 2 aromatic heterocycles. The highest BCUT2D eigenvalue weighted by molar-refractivity contribution is 5.83. The van der Waals surface area contributed by atoms with E-state index in [9.17, 15) is 4.79 Å². The molecule has 0 saturated heterocycles. The molecule has 0 bridgehead atoms. The number of carboxylic acids is 1.